The first-order valence-electron chi connectivity index (χ1n) is 8.14. The summed E-state index contributed by atoms with van der Waals surface area (Å²) in [7, 11) is 1.46. The Morgan fingerprint density at radius 2 is 2.00 bits per heavy atom. The van der Waals surface area contributed by atoms with E-state index in [0.717, 1.165) is 18.4 Å². The van der Waals surface area contributed by atoms with Gasteiger partial charge in [-0.15, -0.1) is 0 Å². The van der Waals surface area contributed by atoms with Crippen molar-refractivity contribution in [3.8, 4) is 5.75 Å². The number of piperidine rings is 1. The maximum absolute atomic E-state index is 13.9. The van der Waals surface area contributed by atoms with Gasteiger partial charge in [0.15, 0.2) is 0 Å². The smallest absolute Gasteiger partial charge is 0.225 e. The number of amides is 1. The number of halogens is 2. The van der Waals surface area contributed by atoms with Crippen LogP contribution in [0.25, 0.3) is 0 Å². The van der Waals surface area contributed by atoms with Crippen molar-refractivity contribution in [1.82, 2.24) is 4.90 Å². The van der Waals surface area contributed by atoms with Crippen molar-refractivity contribution < 1.29 is 18.7 Å². The van der Waals surface area contributed by atoms with E-state index in [9.17, 15) is 14.0 Å². The minimum atomic E-state index is -0.486. The van der Waals surface area contributed by atoms with Crippen LogP contribution >= 0.6 is 11.6 Å². The number of carbonyl (C=O) groups excluding carboxylic acids is 2. The molecule has 0 spiro atoms. The van der Waals surface area contributed by atoms with Gasteiger partial charge in [0.2, 0.25) is 5.91 Å². The first-order chi connectivity index (χ1) is 11.3. The summed E-state index contributed by atoms with van der Waals surface area (Å²) in [6, 6.07) is 3.22. The zero-order valence-electron chi connectivity index (χ0n) is 14.3. The van der Waals surface area contributed by atoms with Gasteiger partial charge in [-0.3, -0.25) is 4.79 Å². The van der Waals surface area contributed by atoms with Crippen molar-refractivity contribution in [2.75, 3.05) is 20.2 Å². The standard InChI is InChI=1S/C18H23ClFNO3/c1-11(8-12(2)22)18(23)21-6-4-13(5-7-21)14-9-15(20)17(19)16(10-14)24-3/h9-11,13H,4-8H2,1-3H3. The van der Waals surface area contributed by atoms with Crippen LogP contribution in [-0.4, -0.2) is 36.8 Å². The number of carbonyl (C=O) groups is 2. The summed E-state index contributed by atoms with van der Waals surface area (Å²) in [4.78, 5) is 25.3. The molecule has 0 aromatic heterocycles. The third-order valence-electron chi connectivity index (χ3n) is 4.53. The molecule has 1 fully saturated rings. The highest BCUT2D eigenvalue weighted by Crippen LogP contribution is 2.35. The van der Waals surface area contributed by atoms with Crippen LogP contribution in [0.2, 0.25) is 5.02 Å². The van der Waals surface area contributed by atoms with Gasteiger partial charge in [-0.05, 0) is 43.4 Å². The van der Waals surface area contributed by atoms with Crippen molar-refractivity contribution >= 4 is 23.3 Å². The van der Waals surface area contributed by atoms with Crippen molar-refractivity contribution in [2.45, 2.75) is 39.0 Å². The highest BCUT2D eigenvalue weighted by atomic mass is 35.5. The average molecular weight is 356 g/mol. The molecule has 4 nitrogen and oxygen atoms in total. The van der Waals surface area contributed by atoms with Gasteiger partial charge in [-0.25, -0.2) is 4.39 Å². The van der Waals surface area contributed by atoms with E-state index in [-0.39, 0.29) is 35.0 Å². The van der Waals surface area contributed by atoms with E-state index < -0.39 is 5.82 Å². The van der Waals surface area contributed by atoms with Gasteiger partial charge in [0.25, 0.3) is 0 Å². The second-order valence-corrected chi connectivity index (χ2v) is 6.80. The van der Waals surface area contributed by atoms with Crippen LogP contribution in [-0.2, 0) is 9.59 Å². The van der Waals surface area contributed by atoms with Gasteiger partial charge in [-0.2, -0.15) is 0 Å². The molecule has 0 saturated carbocycles. The molecule has 1 aromatic rings. The van der Waals surface area contributed by atoms with Gasteiger partial charge < -0.3 is 14.4 Å². The molecule has 1 amide bonds. The number of nitrogens with zero attached hydrogens (tertiary/aromatic N) is 1. The van der Waals surface area contributed by atoms with Crippen LogP contribution < -0.4 is 4.74 Å². The van der Waals surface area contributed by atoms with Crippen molar-refractivity contribution in [3.05, 3.63) is 28.5 Å². The van der Waals surface area contributed by atoms with Crippen molar-refractivity contribution in [1.29, 1.82) is 0 Å². The lowest BCUT2D eigenvalue weighted by Gasteiger charge is -2.34. The molecule has 132 valence electrons. The third-order valence-corrected chi connectivity index (χ3v) is 4.90. The molecule has 0 bridgehead atoms. The summed E-state index contributed by atoms with van der Waals surface area (Å²) in [5.74, 6) is -0.234. The van der Waals surface area contributed by atoms with E-state index in [1.54, 1.807) is 17.9 Å². The second kappa shape index (κ2) is 7.97. The van der Waals surface area contributed by atoms with Crippen molar-refractivity contribution in [3.63, 3.8) is 0 Å². The molecule has 6 heteroatoms. The summed E-state index contributed by atoms with van der Waals surface area (Å²) in [6.07, 6.45) is 1.78. The normalized spacial score (nSPS) is 16.8. The maximum atomic E-state index is 13.9. The molecule has 1 atom stereocenters. The SMILES string of the molecule is COc1cc(C2CCN(C(=O)C(C)CC(C)=O)CC2)cc(F)c1Cl. The fourth-order valence-corrected chi connectivity index (χ4v) is 3.42. The summed E-state index contributed by atoms with van der Waals surface area (Å²) in [6.45, 7) is 4.50. The Hall–Kier alpha value is -1.62. The van der Waals surface area contributed by atoms with Crippen LogP contribution in [0.3, 0.4) is 0 Å². The molecule has 2 rings (SSSR count). The predicted molar refractivity (Wildman–Crippen MR) is 91.0 cm³/mol. The molecule has 1 unspecified atom stereocenters. The number of Topliss-reactive ketones (excluding diaryl/α,β-unsaturated/α-hetero) is 1. The maximum Gasteiger partial charge on any atom is 0.225 e. The lowest BCUT2D eigenvalue weighted by molar-refractivity contribution is -0.138. The Kier molecular flexibility index (Phi) is 6.21. The van der Waals surface area contributed by atoms with E-state index in [4.69, 9.17) is 16.3 Å². The molecule has 1 aromatic carbocycles. The number of likely N-dealkylation sites (tertiary alicyclic amines) is 1. The summed E-state index contributed by atoms with van der Waals surface area (Å²) < 4.78 is 19.0. The van der Waals surface area contributed by atoms with Crippen LogP contribution in [0.4, 0.5) is 4.39 Å². The monoisotopic (exact) mass is 355 g/mol. The summed E-state index contributed by atoms with van der Waals surface area (Å²) in [5, 5.41) is -0.00748. The lowest BCUT2D eigenvalue weighted by Crippen LogP contribution is -2.41. The lowest BCUT2D eigenvalue weighted by atomic mass is 9.88. The minimum absolute atomic E-state index is 0.00748. The fraction of sp³-hybridized carbons (Fsp3) is 0.556. The fourth-order valence-electron chi connectivity index (χ4n) is 3.23. The second-order valence-electron chi connectivity index (χ2n) is 6.43. The Bertz CT molecular complexity index is 627. The molecule has 1 heterocycles. The Balaban J connectivity index is 2.01. The quantitative estimate of drug-likeness (QED) is 0.806. The van der Waals surface area contributed by atoms with Gasteiger partial charge >= 0.3 is 0 Å². The Labute approximate surface area is 146 Å². The number of benzene rings is 1. The van der Waals surface area contributed by atoms with Crippen LogP contribution in [0, 0.1) is 11.7 Å². The topological polar surface area (TPSA) is 46.6 Å². The zero-order valence-corrected chi connectivity index (χ0v) is 15.0. The largest absolute Gasteiger partial charge is 0.495 e. The molecule has 0 aliphatic carbocycles. The number of hydrogen-bond acceptors (Lipinski definition) is 3. The number of methoxy groups -OCH3 is 1. The molecule has 0 radical (unpaired) electrons. The minimum Gasteiger partial charge on any atom is -0.495 e. The predicted octanol–water partition coefficient (Wildman–Crippen LogP) is 3.81. The van der Waals surface area contributed by atoms with Crippen LogP contribution in [0.5, 0.6) is 5.75 Å². The molecule has 0 N–H and O–H groups in total. The van der Waals surface area contributed by atoms with Gasteiger partial charge in [0, 0.05) is 25.4 Å². The summed E-state index contributed by atoms with van der Waals surface area (Å²) >= 11 is 5.86. The first kappa shape index (κ1) is 18.7. The number of rotatable bonds is 5. The van der Waals surface area contributed by atoms with Gasteiger partial charge in [0.1, 0.15) is 22.4 Å². The first-order valence-corrected chi connectivity index (χ1v) is 8.52. The highest BCUT2D eigenvalue weighted by Gasteiger charge is 2.28. The van der Waals surface area contributed by atoms with E-state index >= 15 is 0 Å². The third kappa shape index (κ3) is 4.26. The average Bonchev–Trinajstić information content (AvgIpc) is 2.56. The highest BCUT2D eigenvalue weighted by molar-refractivity contribution is 6.32. The van der Waals surface area contributed by atoms with Gasteiger partial charge in [-0.1, -0.05) is 18.5 Å². The number of hydrogen-bond donors (Lipinski definition) is 0. The Morgan fingerprint density at radius 3 is 2.54 bits per heavy atom. The van der Waals surface area contributed by atoms with E-state index in [1.165, 1.54) is 20.1 Å². The molecular formula is C18H23ClFNO3. The zero-order chi connectivity index (χ0) is 17.9. The Morgan fingerprint density at radius 1 is 1.38 bits per heavy atom. The van der Waals surface area contributed by atoms with E-state index in [0.29, 0.717) is 18.8 Å². The molecule has 24 heavy (non-hydrogen) atoms. The summed E-state index contributed by atoms with van der Waals surface area (Å²) in [5.41, 5.74) is 0.845. The van der Waals surface area contributed by atoms with Crippen LogP contribution in [0.1, 0.15) is 44.6 Å². The molecule has 1 saturated heterocycles. The van der Waals surface area contributed by atoms with E-state index in [1.807, 2.05) is 0 Å². The molecule has 1 aliphatic heterocycles. The van der Waals surface area contributed by atoms with Crippen LogP contribution in [0.15, 0.2) is 12.1 Å². The number of ether oxygens (including phenoxy) is 1. The number of ketones is 1. The molecular weight excluding hydrogens is 333 g/mol. The van der Waals surface area contributed by atoms with Gasteiger partial charge in [0.05, 0.1) is 7.11 Å². The van der Waals surface area contributed by atoms with E-state index in [2.05, 4.69) is 0 Å². The van der Waals surface area contributed by atoms with Crippen molar-refractivity contribution in [2.24, 2.45) is 5.92 Å². The molecule has 1 aliphatic rings.